The highest BCUT2D eigenvalue weighted by Crippen LogP contribution is 2.26. The molecule has 0 spiro atoms. The number of nitrogen functional groups attached to an aromatic ring is 1. The molecule has 2 aromatic rings. The lowest BCUT2D eigenvalue weighted by Crippen LogP contribution is -2.16. The third-order valence-electron chi connectivity index (χ3n) is 2.63. The fourth-order valence-corrected chi connectivity index (χ4v) is 2.11. The van der Waals surface area contributed by atoms with Crippen LogP contribution in [0, 0.1) is 0 Å². The first kappa shape index (κ1) is 14.0. The van der Waals surface area contributed by atoms with Gasteiger partial charge < -0.3 is 15.4 Å². The van der Waals surface area contributed by atoms with Gasteiger partial charge in [-0.25, -0.2) is 4.98 Å². The van der Waals surface area contributed by atoms with E-state index in [1.54, 1.807) is 0 Å². The third-order valence-corrected chi connectivity index (χ3v) is 3.12. The highest BCUT2D eigenvalue weighted by molar-refractivity contribution is 9.10. The van der Waals surface area contributed by atoms with Crippen LogP contribution in [0.25, 0.3) is 10.9 Å². The smallest absolute Gasteiger partial charge is 0.226 e. The van der Waals surface area contributed by atoms with Gasteiger partial charge in [0.25, 0.3) is 0 Å². The van der Waals surface area contributed by atoms with E-state index in [0.29, 0.717) is 12.5 Å². The van der Waals surface area contributed by atoms with Crippen molar-refractivity contribution < 1.29 is 4.74 Å². The summed E-state index contributed by atoms with van der Waals surface area (Å²) in [5, 5.41) is 0.869. The Hall–Kier alpha value is -1.40. The Bertz CT molecular complexity index is 574. The molecule has 102 valence electrons. The number of hydrogen-bond donors (Lipinski definition) is 1. The minimum absolute atomic E-state index is 0.234. The fourth-order valence-electron chi connectivity index (χ4n) is 1.75. The maximum absolute atomic E-state index is 5.73. The highest BCUT2D eigenvalue weighted by Gasteiger charge is 2.08. The molecular formula is C13H17BrN4O. The van der Waals surface area contributed by atoms with Crippen LogP contribution in [0.5, 0.6) is 5.88 Å². The number of nitrogens with two attached hydrogens (primary N) is 1. The van der Waals surface area contributed by atoms with E-state index >= 15 is 0 Å². The topological polar surface area (TPSA) is 64.3 Å². The van der Waals surface area contributed by atoms with E-state index in [-0.39, 0.29) is 5.95 Å². The number of fused-ring (bicyclic) bond motifs is 1. The zero-order chi connectivity index (χ0) is 13.8. The van der Waals surface area contributed by atoms with Crippen molar-refractivity contribution >= 4 is 32.8 Å². The van der Waals surface area contributed by atoms with E-state index in [2.05, 4.69) is 30.8 Å². The highest BCUT2D eigenvalue weighted by atomic mass is 79.9. The van der Waals surface area contributed by atoms with Gasteiger partial charge >= 0.3 is 0 Å². The Balaban J connectivity index is 2.19. The van der Waals surface area contributed by atoms with Crippen molar-refractivity contribution in [1.29, 1.82) is 0 Å². The molecule has 0 aliphatic rings. The van der Waals surface area contributed by atoms with Gasteiger partial charge in [0.1, 0.15) is 0 Å². The Labute approximate surface area is 120 Å². The molecular weight excluding hydrogens is 308 g/mol. The summed E-state index contributed by atoms with van der Waals surface area (Å²) in [5.74, 6) is 0.778. The lowest BCUT2D eigenvalue weighted by molar-refractivity contribution is 0.276. The zero-order valence-corrected chi connectivity index (χ0v) is 12.6. The van der Waals surface area contributed by atoms with Gasteiger partial charge in [-0.2, -0.15) is 4.98 Å². The molecule has 1 aromatic heterocycles. The number of aromatic nitrogens is 2. The first-order valence-corrected chi connectivity index (χ1v) is 6.86. The minimum Gasteiger partial charge on any atom is -0.477 e. The molecule has 0 fully saturated rings. The summed E-state index contributed by atoms with van der Waals surface area (Å²) in [7, 11) is 4.07. The monoisotopic (exact) mass is 324 g/mol. The normalized spacial score (nSPS) is 11.2. The van der Waals surface area contributed by atoms with E-state index in [1.165, 1.54) is 0 Å². The van der Waals surface area contributed by atoms with Gasteiger partial charge in [-0.1, -0.05) is 15.9 Å². The standard InChI is InChI=1S/C13H17BrN4O/c1-18(2)6-3-7-19-12-10-8-9(14)4-5-11(10)16-13(15)17-12/h4-5,8H,3,6-7H2,1-2H3,(H2,15,16,17). The Morgan fingerprint density at radius 2 is 2.11 bits per heavy atom. The number of anilines is 1. The van der Waals surface area contributed by atoms with E-state index in [1.807, 2.05) is 32.3 Å². The van der Waals surface area contributed by atoms with Crippen LogP contribution in [0.4, 0.5) is 5.95 Å². The van der Waals surface area contributed by atoms with Crippen LogP contribution >= 0.6 is 15.9 Å². The first-order chi connectivity index (χ1) is 9.06. The maximum atomic E-state index is 5.73. The summed E-state index contributed by atoms with van der Waals surface area (Å²) >= 11 is 3.44. The number of hydrogen-bond acceptors (Lipinski definition) is 5. The predicted octanol–water partition coefficient (Wildman–Crippen LogP) is 2.30. The summed E-state index contributed by atoms with van der Waals surface area (Å²) < 4.78 is 6.69. The molecule has 0 aliphatic carbocycles. The minimum atomic E-state index is 0.234. The van der Waals surface area contributed by atoms with Crippen LogP contribution in [0.1, 0.15) is 6.42 Å². The van der Waals surface area contributed by atoms with Crippen LogP contribution in [-0.2, 0) is 0 Å². The molecule has 5 nitrogen and oxygen atoms in total. The van der Waals surface area contributed by atoms with Gasteiger partial charge in [-0.15, -0.1) is 0 Å². The Kier molecular flexibility index (Phi) is 4.55. The molecule has 1 heterocycles. The zero-order valence-electron chi connectivity index (χ0n) is 11.1. The number of ether oxygens (including phenoxy) is 1. The summed E-state index contributed by atoms with van der Waals surface area (Å²) in [6.45, 7) is 1.58. The van der Waals surface area contributed by atoms with Crippen molar-refractivity contribution in [3.63, 3.8) is 0 Å². The molecule has 0 bridgehead atoms. The molecule has 0 atom stereocenters. The third kappa shape index (κ3) is 3.78. The van der Waals surface area contributed by atoms with Crippen LogP contribution < -0.4 is 10.5 Å². The molecule has 1 aromatic carbocycles. The average Bonchev–Trinajstić information content (AvgIpc) is 2.35. The second-order valence-electron chi connectivity index (χ2n) is 4.55. The largest absolute Gasteiger partial charge is 0.477 e. The number of halogens is 1. The molecule has 0 unspecified atom stereocenters. The van der Waals surface area contributed by atoms with Crippen LogP contribution in [-0.4, -0.2) is 42.1 Å². The van der Waals surface area contributed by atoms with E-state index in [0.717, 1.165) is 28.3 Å². The Morgan fingerprint density at radius 3 is 2.84 bits per heavy atom. The first-order valence-electron chi connectivity index (χ1n) is 6.06. The molecule has 0 saturated carbocycles. The summed E-state index contributed by atoms with van der Waals surface area (Å²) in [6, 6.07) is 5.75. The van der Waals surface area contributed by atoms with Crippen LogP contribution in [0.15, 0.2) is 22.7 Å². The second kappa shape index (κ2) is 6.16. The van der Waals surface area contributed by atoms with E-state index in [9.17, 15) is 0 Å². The van der Waals surface area contributed by atoms with Gasteiger partial charge in [0.15, 0.2) is 0 Å². The van der Waals surface area contributed by atoms with Crippen molar-refractivity contribution in [2.45, 2.75) is 6.42 Å². The summed E-state index contributed by atoms with van der Waals surface area (Å²) in [5.41, 5.74) is 6.48. The van der Waals surface area contributed by atoms with E-state index < -0.39 is 0 Å². The number of nitrogens with zero attached hydrogens (tertiary/aromatic N) is 3. The van der Waals surface area contributed by atoms with Crippen molar-refractivity contribution in [1.82, 2.24) is 14.9 Å². The molecule has 0 saturated heterocycles. The number of rotatable bonds is 5. The quantitative estimate of drug-likeness (QED) is 0.855. The molecule has 2 rings (SSSR count). The molecule has 6 heteroatoms. The summed E-state index contributed by atoms with van der Waals surface area (Å²) in [4.78, 5) is 10.5. The second-order valence-corrected chi connectivity index (χ2v) is 5.47. The van der Waals surface area contributed by atoms with Crippen LogP contribution in [0.3, 0.4) is 0 Å². The predicted molar refractivity (Wildman–Crippen MR) is 80.3 cm³/mol. The SMILES string of the molecule is CN(C)CCCOc1nc(N)nc2ccc(Br)cc12. The van der Waals surface area contributed by atoms with Gasteiger partial charge in [-0.3, -0.25) is 0 Å². The lowest BCUT2D eigenvalue weighted by Gasteiger charge is -2.11. The van der Waals surface area contributed by atoms with Gasteiger partial charge in [0.05, 0.1) is 17.5 Å². The molecule has 0 amide bonds. The van der Waals surface area contributed by atoms with Gasteiger partial charge in [-0.05, 0) is 38.7 Å². The van der Waals surface area contributed by atoms with Crippen LogP contribution in [0.2, 0.25) is 0 Å². The van der Waals surface area contributed by atoms with Crippen molar-refractivity contribution in [3.8, 4) is 5.88 Å². The molecule has 0 radical (unpaired) electrons. The maximum Gasteiger partial charge on any atom is 0.226 e. The number of benzene rings is 1. The van der Waals surface area contributed by atoms with Crippen molar-refractivity contribution in [2.24, 2.45) is 0 Å². The van der Waals surface area contributed by atoms with Gasteiger partial charge in [0, 0.05) is 11.0 Å². The molecule has 19 heavy (non-hydrogen) atoms. The van der Waals surface area contributed by atoms with Crippen molar-refractivity contribution in [3.05, 3.63) is 22.7 Å². The van der Waals surface area contributed by atoms with Gasteiger partial charge in [0.2, 0.25) is 11.8 Å². The molecule has 0 aliphatic heterocycles. The average molecular weight is 325 g/mol. The Morgan fingerprint density at radius 1 is 1.32 bits per heavy atom. The van der Waals surface area contributed by atoms with E-state index in [4.69, 9.17) is 10.5 Å². The lowest BCUT2D eigenvalue weighted by atomic mass is 10.2. The van der Waals surface area contributed by atoms with Crippen molar-refractivity contribution in [2.75, 3.05) is 33.0 Å². The fraction of sp³-hybridized carbons (Fsp3) is 0.385. The molecule has 2 N–H and O–H groups in total. The summed E-state index contributed by atoms with van der Waals surface area (Å²) in [6.07, 6.45) is 0.937.